The maximum absolute atomic E-state index is 12.9. The molecule has 1 aromatic rings. The molecule has 0 saturated carbocycles. The first-order chi connectivity index (χ1) is 5.52. The highest BCUT2D eigenvalue weighted by Gasteiger charge is 2.13. The zero-order valence-corrected chi connectivity index (χ0v) is 8.12. The Morgan fingerprint density at radius 1 is 1.58 bits per heavy atom. The molecule has 0 fully saturated rings. The molecule has 0 unspecified atom stereocenters. The van der Waals surface area contributed by atoms with Crippen molar-refractivity contribution < 1.29 is 9.18 Å². The van der Waals surface area contributed by atoms with E-state index in [1.807, 2.05) is 0 Å². The average molecular weight is 252 g/mol. The highest BCUT2D eigenvalue weighted by molar-refractivity contribution is 9.10. The monoisotopic (exact) mass is 251 g/mol. The van der Waals surface area contributed by atoms with Crippen LogP contribution in [-0.4, -0.2) is 5.91 Å². The number of hydrogen-bond donors (Lipinski definition) is 1. The van der Waals surface area contributed by atoms with Crippen molar-refractivity contribution in [2.24, 2.45) is 5.73 Å². The predicted molar refractivity (Wildman–Crippen MR) is 47.6 cm³/mol. The maximum Gasteiger partial charge on any atom is 0.252 e. The molecule has 1 rings (SSSR count). The predicted octanol–water partition coefficient (Wildman–Crippen LogP) is 2.34. The van der Waals surface area contributed by atoms with Crippen molar-refractivity contribution in [3.05, 3.63) is 33.0 Å². The van der Waals surface area contributed by atoms with E-state index in [1.165, 1.54) is 6.07 Å². The van der Waals surface area contributed by atoms with Crippen molar-refractivity contribution >= 4 is 33.4 Å². The van der Waals surface area contributed by atoms with Crippen LogP contribution in [0.25, 0.3) is 0 Å². The van der Waals surface area contributed by atoms with Gasteiger partial charge in [-0.25, -0.2) is 4.39 Å². The van der Waals surface area contributed by atoms with E-state index < -0.39 is 11.7 Å². The van der Waals surface area contributed by atoms with Crippen LogP contribution < -0.4 is 5.73 Å². The molecule has 0 atom stereocenters. The van der Waals surface area contributed by atoms with E-state index in [2.05, 4.69) is 15.9 Å². The Hall–Kier alpha value is -0.610. The summed E-state index contributed by atoms with van der Waals surface area (Å²) < 4.78 is 13.2. The van der Waals surface area contributed by atoms with Crippen LogP contribution in [0.5, 0.6) is 0 Å². The summed E-state index contributed by atoms with van der Waals surface area (Å²) >= 11 is 8.48. The van der Waals surface area contributed by atoms with Crippen molar-refractivity contribution in [1.82, 2.24) is 0 Å². The Morgan fingerprint density at radius 3 is 2.58 bits per heavy atom. The van der Waals surface area contributed by atoms with Gasteiger partial charge in [0.25, 0.3) is 5.91 Å². The molecule has 64 valence electrons. The summed E-state index contributed by atoms with van der Waals surface area (Å²) in [4.78, 5) is 10.7. The van der Waals surface area contributed by atoms with Gasteiger partial charge >= 0.3 is 0 Å². The van der Waals surface area contributed by atoms with E-state index in [1.54, 1.807) is 0 Å². The van der Waals surface area contributed by atoms with Gasteiger partial charge in [0.05, 0.1) is 5.56 Å². The summed E-state index contributed by atoms with van der Waals surface area (Å²) in [6.07, 6.45) is 0. The van der Waals surface area contributed by atoms with Crippen molar-refractivity contribution in [2.45, 2.75) is 0 Å². The average Bonchev–Trinajstić information content (AvgIpc) is 1.82. The number of primary amides is 1. The lowest BCUT2D eigenvalue weighted by atomic mass is 10.2. The van der Waals surface area contributed by atoms with Crippen LogP contribution in [0.2, 0.25) is 5.02 Å². The quantitative estimate of drug-likeness (QED) is 0.819. The van der Waals surface area contributed by atoms with Gasteiger partial charge in [-0.15, -0.1) is 0 Å². The van der Waals surface area contributed by atoms with Gasteiger partial charge in [0.1, 0.15) is 5.82 Å². The van der Waals surface area contributed by atoms with E-state index in [-0.39, 0.29) is 15.1 Å². The summed E-state index contributed by atoms with van der Waals surface area (Å²) in [5.41, 5.74) is 4.73. The molecule has 0 spiro atoms. The van der Waals surface area contributed by atoms with Gasteiger partial charge in [-0.3, -0.25) is 4.79 Å². The summed E-state index contributed by atoms with van der Waals surface area (Å²) in [5, 5.41) is 0.212. The molecule has 0 heterocycles. The highest BCUT2D eigenvalue weighted by atomic mass is 79.9. The third-order valence-electron chi connectivity index (χ3n) is 1.25. The smallest absolute Gasteiger partial charge is 0.252 e. The minimum atomic E-state index is -0.823. The number of halogens is 3. The SMILES string of the molecule is NC(=O)c1c(F)cc(Cl)cc1Br. The molecule has 1 aromatic carbocycles. The second kappa shape index (κ2) is 3.41. The molecule has 2 nitrogen and oxygen atoms in total. The Labute approximate surface area is 81.6 Å². The highest BCUT2D eigenvalue weighted by Crippen LogP contribution is 2.24. The molecule has 2 N–H and O–H groups in total. The second-order valence-corrected chi connectivity index (χ2v) is 3.40. The largest absolute Gasteiger partial charge is 0.365 e. The van der Waals surface area contributed by atoms with E-state index in [0.29, 0.717) is 0 Å². The number of rotatable bonds is 1. The second-order valence-electron chi connectivity index (χ2n) is 2.11. The van der Waals surface area contributed by atoms with Crippen molar-refractivity contribution in [3.63, 3.8) is 0 Å². The van der Waals surface area contributed by atoms with Crippen LogP contribution >= 0.6 is 27.5 Å². The van der Waals surface area contributed by atoms with Gasteiger partial charge in [-0.05, 0) is 28.1 Å². The molecular formula is C7H4BrClFNO. The van der Waals surface area contributed by atoms with Crippen LogP contribution in [0.4, 0.5) is 4.39 Å². The van der Waals surface area contributed by atoms with Crippen molar-refractivity contribution in [2.75, 3.05) is 0 Å². The van der Waals surface area contributed by atoms with Gasteiger partial charge in [-0.1, -0.05) is 11.6 Å². The lowest BCUT2D eigenvalue weighted by Crippen LogP contribution is -2.13. The first kappa shape index (κ1) is 9.48. The first-order valence-electron chi connectivity index (χ1n) is 2.96. The lowest BCUT2D eigenvalue weighted by molar-refractivity contribution is 0.0995. The molecule has 0 radical (unpaired) electrons. The fourth-order valence-corrected chi connectivity index (χ4v) is 1.75. The number of carbonyl (C=O) groups is 1. The Bertz CT molecular complexity index is 319. The number of nitrogens with two attached hydrogens (primary N) is 1. The summed E-state index contributed by atoms with van der Waals surface area (Å²) in [6.45, 7) is 0. The van der Waals surface area contributed by atoms with Crippen LogP contribution in [0.15, 0.2) is 16.6 Å². The van der Waals surface area contributed by atoms with Gasteiger partial charge in [0, 0.05) is 9.50 Å². The molecule has 0 bridgehead atoms. The Kier molecular flexibility index (Phi) is 2.69. The number of hydrogen-bond acceptors (Lipinski definition) is 1. The third-order valence-corrected chi connectivity index (χ3v) is 2.10. The van der Waals surface area contributed by atoms with Gasteiger partial charge in [0.15, 0.2) is 0 Å². The third kappa shape index (κ3) is 1.76. The Balaban J connectivity index is 3.38. The standard InChI is InChI=1S/C7H4BrClFNO/c8-4-1-3(9)2-5(10)6(4)7(11)12/h1-2H,(H2,11,12). The fourth-order valence-electron chi connectivity index (χ4n) is 0.778. The number of carbonyl (C=O) groups excluding carboxylic acids is 1. The van der Waals surface area contributed by atoms with E-state index in [0.717, 1.165) is 6.07 Å². The van der Waals surface area contributed by atoms with E-state index >= 15 is 0 Å². The normalized spacial score (nSPS) is 9.92. The molecule has 1 amide bonds. The summed E-state index contributed by atoms with van der Waals surface area (Å²) in [7, 11) is 0. The minimum Gasteiger partial charge on any atom is -0.365 e. The van der Waals surface area contributed by atoms with Crippen molar-refractivity contribution in [3.8, 4) is 0 Å². The van der Waals surface area contributed by atoms with Crippen LogP contribution in [0.3, 0.4) is 0 Å². The summed E-state index contributed by atoms with van der Waals surface area (Å²) in [6, 6.07) is 2.44. The van der Waals surface area contributed by atoms with Gasteiger partial charge < -0.3 is 5.73 Å². The maximum atomic E-state index is 12.9. The first-order valence-corrected chi connectivity index (χ1v) is 4.14. The number of amides is 1. The van der Waals surface area contributed by atoms with Gasteiger partial charge in [-0.2, -0.15) is 0 Å². The summed E-state index contributed by atoms with van der Waals surface area (Å²) in [5.74, 6) is -1.54. The van der Waals surface area contributed by atoms with Crippen LogP contribution in [-0.2, 0) is 0 Å². The molecular weight excluding hydrogens is 248 g/mol. The molecule has 5 heteroatoms. The molecule has 0 aliphatic rings. The zero-order chi connectivity index (χ0) is 9.30. The van der Waals surface area contributed by atoms with Crippen molar-refractivity contribution in [1.29, 1.82) is 0 Å². The fraction of sp³-hybridized carbons (Fsp3) is 0. The minimum absolute atomic E-state index is 0.181. The molecule has 0 aliphatic heterocycles. The Morgan fingerprint density at radius 2 is 2.17 bits per heavy atom. The van der Waals surface area contributed by atoms with Gasteiger partial charge in [0.2, 0.25) is 0 Å². The topological polar surface area (TPSA) is 43.1 Å². The molecule has 0 aliphatic carbocycles. The lowest BCUT2D eigenvalue weighted by Gasteiger charge is -2.01. The molecule has 12 heavy (non-hydrogen) atoms. The van der Waals surface area contributed by atoms with Crippen LogP contribution in [0, 0.1) is 5.82 Å². The zero-order valence-electron chi connectivity index (χ0n) is 5.77. The molecule has 0 aromatic heterocycles. The molecule has 0 saturated heterocycles. The van der Waals surface area contributed by atoms with E-state index in [9.17, 15) is 9.18 Å². The van der Waals surface area contributed by atoms with Crippen LogP contribution in [0.1, 0.15) is 10.4 Å². The van der Waals surface area contributed by atoms with E-state index in [4.69, 9.17) is 17.3 Å². The number of benzene rings is 1.